The van der Waals surface area contributed by atoms with Crippen LogP contribution in [0.5, 0.6) is 23.0 Å². The molecule has 4 aromatic carbocycles. The molecule has 1 aromatic heterocycles. The molecule has 5 aromatic rings. The Kier molecular flexibility index (Phi) is 10.7. The third-order valence-electron chi connectivity index (χ3n) is 10.4. The molecule has 0 aliphatic carbocycles. The van der Waals surface area contributed by atoms with Crippen LogP contribution in [0, 0.1) is 47.9 Å². The van der Waals surface area contributed by atoms with Gasteiger partial charge in [0.2, 0.25) is 0 Å². The number of nitro groups is 2. The normalized spacial score (nSPS) is 14.4. The van der Waals surface area contributed by atoms with Crippen molar-refractivity contribution < 1.29 is 33.6 Å². The number of ether oxygens (including phenoxy) is 4. The fraction of sp³-hybridized carbons (Fsp3) is 0.349. The molecule has 0 amide bonds. The molecule has 13 nitrogen and oxygen atoms in total. The summed E-state index contributed by atoms with van der Waals surface area (Å²) in [5.41, 5.74) is 7.62. The first kappa shape index (κ1) is 39.5. The number of rotatable bonds is 10. The van der Waals surface area contributed by atoms with Gasteiger partial charge in [0.1, 0.15) is 47.4 Å². The zero-order chi connectivity index (χ0) is 40.7. The molecule has 13 heteroatoms. The van der Waals surface area contributed by atoms with Crippen molar-refractivity contribution in [1.82, 2.24) is 10.2 Å². The molecule has 0 atom stereocenters. The van der Waals surface area contributed by atoms with Crippen molar-refractivity contribution >= 4 is 17.2 Å². The van der Waals surface area contributed by atoms with E-state index in [1.165, 1.54) is 6.92 Å². The van der Waals surface area contributed by atoms with Crippen LogP contribution in [0.1, 0.15) is 89.5 Å². The largest absolute Gasteiger partial charge is 0.489 e. The van der Waals surface area contributed by atoms with Crippen molar-refractivity contribution in [3.05, 3.63) is 131 Å². The molecule has 2 aliphatic rings. The summed E-state index contributed by atoms with van der Waals surface area (Å²) in [5.74, 6) is 2.66. The molecule has 0 saturated heterocycles. The molecule has 0 radical (unpaired) electrons. The van der Waals surface area contributed by atoms with Crippen LogP contribution in [0.3, 0.4) is 0 Å². The number of Topliss-reactive ketones (excluding diaryl/α,β-unsaturated/α-hetero) is 1. The lowest BCUT2D eigenvalue weighted by atomic mass is 9.92. The van der Waals surface area contributed by atoms with Gasteiger partial charge >= 0.3 is 0 Å². The monoisotopic (exact) mass is 762 g/mol. The van der Waals surface area contributed by atoms with Gasteiger partial charge in [0.05, 0.1) is 26.7 Å². The van der Waals surface area contributed by atoms with Crippen molar-refractivity contribution in [2.24, 2.45) is 0 Å². The Balaban J connectivity index is 0.000000190. The molecule has 0 fully saturated rings. The van der Waals surface area contributed by atoms with E-state index in [4.69, 9.17) is 18.9 Å². The number of benzene rings is 4. The topological polar surface area (TPSA) is 169 Å². The van der Waals surface area contributed by atoms with Gasteiger partial charge < -0.3 is 18.9 Å². The van der Waals surface area contributed by atoms with Gasteiger partial charge in [-0.3, -0.25) is 30.1 Å². The average Bonchev–Trinajstić information content (AvgIpc) is 3.87. The zero-order valence-corrected chi connectivity index (χ0v) is 33.1. The van der Waals surface area contributed by atoms with Crippen LogP contribution in [0.15, 0.2) is 60.8 Å². The number of H-pyrrole nitrogens is 1. The summed E-state index contributed by atoms with van der Waals surface area (Å²) in [5, 5.41) is 30.5. The SMILES string of the molecule is CC(=O)c1ccc(OCc2c3c(c(C)c(C)c2[N+](=O)[O-])OC(C)(C)C3)cc1.Cc1c(C)c([N+](=O)[O-])c(COc2ccc(-c3ccn[nH]3)cc2)c2c1OC(C)(C)C2. The van der Waals surface area contributed by atoms with Crippen LogP contribution in [-0.2, 0) is 26.1 Å². The van der Waals surface area contributed by atoms with E-state index in [0.29, 0.717) is 52.2 Å². The molecule has 7 rings (SSSR count). The maximum atomic E-state index is 11.8. The molecule has 0 unspecified atom stereocenters. The number of carbonyl (C=O) groups excluding carboxylic acids is 1. The number of fused-ring (bicyclic) bond motifs is 2. The lowest BCUT2D eigenvalue weighted by Gasteiger charge is -2.18. The third-order valence-corrected chi connectivity index (χ3v) is 10.4. The summed E-state index contributed by atoms with van der Waals surface area (Å²) in [7, 11) is 0. The highest BCUT2D eigenvalue weighted by Gasteiger charge is 2.40. The number of hydrogen-bond acceptors (Lipinski definition) is 10. The molecule has 0 bridgehead atoms. The summed E-state index contributed by atoms with van der Waals surface area (Å²) < 4.78 is 24.0. The van der Waals surface area contributed by atoms with Gasteiger partial charge in [0, 0.05) is 58.0 Å². The number of aromatic amines is 1. The Morgan fingerprint density at radius 3 is 1.52 bits per heavy atom. The van der Waals surface area contributed by atoms with Gasteiger partial charge in [-0.2, -0.15) is 5.10 Å². The van der Waals surface area contributed by atoms with E-state index >= 15 is 0 Å². The van der Waals surface area contributed by atoms with Gasteiger partial charge in [-0.05, 0) is 122 Å². The standard InChI is InChI=1S/C22H23N3O4.C21H23NO5/c1-13-14(2)21-17(11-22(3,4)29-21)18(20(13)25(26)27)12-28-16-7-5-15(6-8-16)19-9-10-23-24-19;1-12-13(2)20-17(10-21(4,5)27-20)18(19(12)22(24)25)11-26-16-8-6-15(7-9-16)14(3)23/h5-10H,11-12H2,1-4H3,(H,23,24);6-9H,10-11H2,1-5H3. The van der Waals surface area contributed by atoms with Crippen LogP contribution in [0.2, 0.25) is 0 Å². The summed E-state index contributed by atoms with van der Waals surface area (Å²) in [4.78, 5) is 34.3. The Hall–Kier alpha value is -6.24. The molecule has 2 aliphatic heterocycles. The van der Waals surface area contributed by atoms with E-state index < -0.39 is 11.2 Å². The van der Waals surface area contributed by atoms with Crippen LogP contribution in [0.4, 0.5) is 11.4 Å². The number of hydrogen-bond donors (Lipinski definition) is 1. The van der Waals surface area contributed by atoms with Crippen molar-refractivity contribution in [2.45, 2.75) is 99.6 Å². The molecule has 0 saturated carbocycles. The summed E-state index contributed by atoms with van der Waals surface area (Å²) in [6.45, 7) is 16.9. The molecular weight excluding hydrogens is 716 g/mol. The smallest absolute Gasteiger partial charge is 0.279 e. The summed E-state index contributed by atoms with van der Waals surface area (Å²) in [6, 6.07) is 16.2. The van der Waals surface area contributed by atoms with Crippen LogP contribution < -0.4 is 18.9 Å². The highest BCUT2D eigenvalue weighted by atomic mass is 16.6. The molecule has 1 N–H and O–H groups in total. The number of carbonyl (C=O) groups is 1. The molecule has 56 heavy (non-hydrogen) atoms. The van der Waals surface area contributed by atoms with Crippen molar-refractivity contribution in [2.75, 3.05) is 0 Å². The zero-order valence-electron chi connectivity index (χ0n) is 33.1. The number of aromatic nitrogens is 2. The first-order valence-electron chi connectivity index (χ1n) is 18.3. The first-order chi connectivity index (χ1) is 26.4. The number of nitrogens with zero attached hydrogens (tertiary/aromatic N) is 3. The van der Waals surface area contributed by atoms with Gasteiger partial charge in [-0.15, -0.1) is 0 Å². The van der Waals surface area contributed by atoms with E-state index in [-0.39, 0.29) is 40.2 Å². The lowest BCUT2D eigenvalue weighted by molar-refractivity contribution is -0.386. The van der Waals surface area contributed by atoms with E-state index in [9.17, 15) is 25.0 Å². The van der Waals surface area contributed by atoms with Gasteiger partial charge in [-0.1, -0.05) is 0 Å². The summed E-state index contributed by atoms with van der Waals surface area (Å²) >= 11 is 0. The highest BCUT2D eigenvalue weighted by Crippen LogP contribution is 2.47. The molecule has 292 valence electrons. The minimum atomic E-state index is -0.410. The van der Waals surface area contributed by atoms with Crippen LogP contribution in [0.25, 0.3) is 11.3 Å². The number of ketones is 1. The molecular formula is C43H46N4O9. The van der Waals surface area contributed by atoms with Gasteiger partial charge in [0.15, 0.2) is 5.78 Å². The minimum absolute atomic E-state index is 0.0245. The molecule has 3 heterocycles. The van der Waals surface area contributed by atoms with Crippen LogP contribution >= 0.6 is 0 Å². The first-order valence-corrected chi connectivity index (χ1v) is 18.3. The fourth-order valence-electron chi connectivity index (χ4n) is 7.34. The Labute approximate surface area is 325 Å². The van der Waals surface area contributed by atoms with E-state index in [0.717, 1.165) is 45.0 Å². The fourth-order valence-corrected chi connectivity index (χ4v) is 7.34. The minimum Gasteiger partial charge on any atom is -0.489 e. The predicted octanol–water partition coefficient (Wildman–Crippen LogP) is 9.60. The predicted molar refractivity (Wildman–Crippen MR) is 211 cm³/mol. The number of nitrogens with one attached hydrogen (secondary N) is 1. The van der Waals surface area contributed by atoms with Crippen molar-refractivity contribution in [3.8, 4) is 34.3 Å². The average molecular weight is 763 g/mol. The lowest BCUT2D eigenvalue weighted by Crippen LogP contribution is -2.25. The Morgan fingerprint density at radius 2 is 1.14 bits per heavy atom. The van der Waals surface area contributed by atoms with E-state index in [1.54, 1.807) is 44.3 Å². The van der Waals surface area contributed by atoms with Crippen LogP contribution in [-0.4, -0.2) is 37.0 Å². The third kappa shape index (κ3) is 7.93. The second kappa shape index (κ2) is 15.1. The quantitative estimate of drug-likeness (QED) is 0.0821. The van der Waals surface area contributed by atoms with E-state index in [1.807, 2.05) is 71.9 Å². The van der Waals surface area contributed by atoms with E-state index in [2.05, 4.69) is 10.2 Å². The highest BCUT2D eigenvalue weighted by molar-refractivity contribution is 5.94. The second-order valence-corrected chi connectivity index (χ2v) is 15.5. The van der Waals surface area contributed by atoms with Gasteiger partial charge in [0.25, 0.3) is 11.4 Å². The Bertz CT molecular complexity index is 2330. The maximum absolute atomic E-state index is 11.8. The Morgan fingerprint density at radius 1 is 0.714 bits per heavy atom. The van der Waals surface area contributed by atoms with Crippen molar-refractivity contribution in [1.29, 1.82) is 0 Å². The molecule has 0 spiro atoms. The number of nitro benzene ring substituents is 2. The van der Waals surface area contributed by atoms with Gasteiger partial charge in [-0.25, -0.2) is 0 Å². The summed E-state index contributed by atoms with van der Waals surface area (Å²) in [6.07, 6.45) is 2.90. The second-order valence-electron chi connectivity index (χ2n) is 15.5. The van der Waals surface area contributed by atoms with Crippen molar-refractivity contribution in [3.63, 3.8) is 0 Å². The maximum Gasteiger partial charge on any atom is 0.279 e.